The molecule has 3 heteroatoms. The molecule has 0 bridgehead atoms. The summed E-state index contributed by atoms with van der Waals surface area (Å²) in [5.41, 5.74) is 0. The number of hydrogen-bond acceptors (Lipinski definition) is 2. The summed E-state index contributed by atoms with van der Waals surface area (Å²) in [4.78, 5) is 0. The summed E-state index contributed by atoms with van der Waals surface area (Å²) in [6.07, 6.45) is 0. The van der Waals surface area contributed by atoms with Gasteiger partial charge in [0, 0.05) is 5.92 Å². The summed E-state index contributed by atoms with van der Waals surface area (Å²) in [6, 6.07) is 4.84. The molecule has 1 aromatic rings. The molecule has 0 aliphatic carbocycles. The van der Waals surface area contributed by atoms with E-state index in [1.54, 1.807) is 18.2 Å². The molecule has 48 valence electrons. The monoisotopic (exact) mass is 151 g/mol. The van der Waals surface area contributed by atoms with E-state index in [1.807, 2.05) is 0 Å². The van der Waals surface area contributed by atoms with Crippen molar-refractivity contribution in [1.29, 1.82) is 5.26 Å². The summed E-state index contributed by atoms with van der Waals surface area (Å²) in [7, 11) is 0. The Bertz CT molecular complexity index is 323. The highest BCUT2D eigenvalue weighted by molar-refractivity contribution is 6.28. The lowest BCUT2D eigenvalue weighted by Crippen LogP contribution is -1.59. The van der Waals surface area contributed by atoms with E-state index in [0.717, 1.165) is 0 Å². The SMILES string of the molecule is N#CC#Cc1ccc(Cl)o1. The highest BCUT2D eigenvalue weighted by atomic mass is 35.5. The fraction of sp³-hybridized carbons (Fsp3) is 0. The average Bonchev–Trinajstić information content (AvgIpc) is 2.31. The molecule has 0 spiro atoms. The Balaban J connectivity index is 2.89. The standard InChI is InChI=1S/C7H2ClNO/c8-7-4-3-6(10-7)2-1-5-9/h3-4H. The Morgan fingerprint density at radius 3 is 2.80 bits per heavy atom. The average molecular weight is 152 g/mol. The van der Waals surface area contributed by atoms with E-state index in [-0.39, 0.29) is 5.22 Å². The van der Waals surface area contributed by atoms with Crippen molar-refractivity contribution in [2.75, 3.05) is 0 Å². The van der Waals surface area contributed by atoms with Gasteiger partial charge in [0.2, 0.25) is 0 Å². The quantitative estimate of drug-likeness (QED) is 0.531. The molecule has 0 atom stereocenters. The van der Waals surface area contributed by atoms with Crippen LogP contribution >= 0.6 is 11.6 Å². The van der Waals surface area contributed by atoms with E-state index in [0.29, 0.717) is 5.76 Å². The molecule has 0 unspecified atom stereocenters. The predicted octanol–water partition coefficient (Wildman–Crippen LogP) is 1.81. The van der Waals surface area contributed by atoms with E-state index in [2.05, 4.69) is 11.8 Å². The lowest BCUT2D eigenvalue weighted by molar-refractivity contribution is 0.556. The Labute approximate surface area is 63.0 Å². The number of nitriles is 1. The molecule has 0 fully saturated rings. The van der Waals surface area contributed by atoms with Crippen LogP contribution in [0.4, 0.5) is 0 Å². The van der Waals surface area contributed by atoms with Crippen molar-refractivity contribution in [2.45, 2.75) is 0 Å². The summed E-state index contributed by atoms with van der Waals surface area (Å²) in [5, 5.41) is 8.32. The van der Waals surface area contributed by atoms with Gasteiger partial charge in [0.05, 0.1) is 0 Å². The molecule has 10 heavy (non-hydrogen) atoms. The van der Waals surface area contributed by atoms with Gasteiger partial charge in [0.15, 0.2) is 17.0 Å². The summed E-state index contributed by atoms with van der Waals surface area (Å²) in [6.45, 7) is 0. The number of halogens is 1. The molecule has 2 nitrogen and oxygen atoms in total. The predicted molar refractivity (Wildman–Crippen MR) is 36.2 cm³/mol. The Morgan fingerprint density at radius 1 is 1.50 bits per heavy atom. The van der Waals surface area contributed by atoms with Crippen molar-refractivity contribution in [2.24, 2.45) is 0 Å². The molecule has 0 radical (unpaired) electrons. The molecular weight excluding hydrogens is 150 g/mol. The minimum Gasteiger partial charge on any atom is -0.436 e. The van der Waals surface area contributed by atoms with Gasteiger partial charge in [-0.3, -0.25) is 0 Å². The second-order valence-corrected chi connectivity index (χ2v) is 1.84. The zero-order valence-electron chi connectivity index (χ0n) is 4.89. The number of rotatable bonds is 0. The first kappa shape index (κ1) is 6.74. The first-order valence-electron chi connectivity index (χ1n) is 2.48. The van der Waals surface area contributed by atoms with E-state index in [1.165, 1.54) is 0 Å². The number of furan rings is 1. The smallest absolute Gasteiger partial charge is 0.194 e. The maximum absolute atomic E-state index is 8.04. The van der Waals surface area contributed by atoms with Gasteiger partial charge in [-0.2, -0.15) is 5.26 Å². The number of hydrogen-bond donors (Lipinski definition) is 0. The zero-order valence-corrected chi connectivity index (χ0v) is 5.64. The van der Waals surface area contributed by atoms with Crippen LogP contribution in [0.3, 0.4) is 0 Å². The molecule has 0 aliphatic heterocycles. The summed E-state index contributed by atoms with van der Waals surface area (Å²) in [5.74, 6) is 5.04. The molecule has 0 N–H and O–H groups in total. The van der Waals surface area contributed by atoms with E-state index in [9.17, 15) is 0 Å². The normalized spacial score (nSPS) is 7.60. The molecular formula is C7H2ClNO. The third kappa shape index (κ3) is 1.55. The van der Waals surface area contributed by atoms with Crippen molar-refractivity contribution in [3.63, 3.8) is 0 Å². The van der Waals surface area contributed by atoms with Gasteiger partial charge in [-0.05, 0) is 29.7 Å². The van der Waals surface area contributed by atoms with E-state index in [4.69, 9.17) is 21.3 Å². The van der Waals surface area contributed by atoms with Gasteiger partial charge in [-0.25, -0.2) is 0 Å². The van der Waals surface area contributed by atoms with Crippen LogP contribution in [-0.4, -0.2) is 0 Å². The van der Waals surface area contributed by atoms with Crippen LogP contribution in [0.2, 0.25) is 5.22 Å². The van der Waals surface area contributed by atoms with Gasteiger partial charge in [0.25, 0.3) is 0 Å². The van der Waals surface area contributed by atoms with Gasteiger partial charge < -0.3 is 4.42 Å². The van der Waals surface area contributed by atoms with Crippen LogP contribution in [-0.2, 0) is 0 Å². The molecule has 0 amide bonds. The van der Waals surface area contributed by atoms with Gasteiger partial charge in [-0.15, -0.1) is 0 Å². The summed E-state index contributed by atoms with van der Waals surface area (Å²) >= 11 is 5.42. The topological polar surface area (TPSA) is 36.9 Å². The molecule has 1 heterocycles. The molecule has 0 saturated carbocycles. The molecule has 0 aromatic carbocycles. The Hall–Kier alpha value is -1.38. The molecule has 0 aliphatic rings. The van der Waals surface area contributed by atoms with E-state index >= 15 is 0 Å². The maximum Gasteiger partial charge on any atom is 0.194 e. The highest BCUT2D eigenvalue weighted by Gasteiger charge is 1.92. The third-order valence-electron chi connectivity index (χ3n) is 0.815. The van der Waals surface area contributed by atoms with Gasteiger partial charge in [-0.1, -0.05) is 0 Å². The minimum absolute atomic E-state index is 0.280. The van der Waals surface area contributed by atoms with Crippen LogP contribution < -0.4 is 0 Å². The van der Waals surface area contributed by atoms with Crippen LogP contribution in [0, 0.1) is 23.2 Å². The van der Waals surface area contributed by atoms with Crippen LogP contribution in [0.15, 0.2) is 16.5 Å². The first-order valence-corrected chi connectivity index (χ1v) is 2.86. The van der Waals surface area contributed by atoms with Crippen molar-refractivity contribution in [3.8, 4) is 17.9 Å². The van der Waals surface area contributed by atoms with Crippen molar-refractivity contribution in [3.05, 3.63) is 23.1 Å². The molecule has 1 aromatic heterocycles. The number of nitrogens with zero attached hydrogens (tertiary/aromatic N) is 1. The second-order valence-electron chi connectivity index (χ2n) is 1.47. The minimum atomic E-state index is 0.280. The van der Waals surface area contributed by atoms with Gasteiger partial charge >= 0.3 is 0 Å². The fourth-order valence-corrected chi connectivity index (χ4v) is 0.617. The largest absolute Gasteiger partial charge is 0.436 e. The van der Waals surface area contributed by atoms with E-state index < -0.39 is 0 Å². The Morgan fingerprint density at radius 2 is 2.30 bits per heavy atom. The van der Waals surface area contributed by atoms with Crippen LogP contribution in [0.25, 0.3) is 0 Å². The highest BCUT2D eigenvalue weighted by Crippen LogP contribution is 2.11. The van der Waals surface area contributed by atoms with Crippen molar-refractivity contribution >= 4 is 11.6 Å². The first-order chi connectivity index (χ1) is 4.83. The zero-order chi connectivity index (χ0) is 7.40. The lowest BCUT2D eigenvalue weighted by Gasteiger charge is -1.74. The third-order valence-corrected chi connectivity index (χ3v) is 1.02. The van der Waals surface area contributed by atoms with Crippen LogP contribution in [0.1, 0.15) is 5.76 Å². The van der Waals surface area contributed by atoms with Gasteiger partial charge in [0.1, 0.15) is 0 Å². The van der Waals surface area contributed by atoms with Crippen molar-refractivity contribution in [1.82, 2.24) is 0 Å². The Kier molecular flexibility index (Phi) is 1.99. The van der Waals surface area contributed by atoms with Crippen molar-refractivity contribution < 1.29 is 4.42 Å². The summed E-state index contributed by atoms with van der Waals surface area (Å²) < 4.78 is 4.83. The molecule has 1 rings (SSSR count). The lowest BCUT2D eigenvalue weighted by atomic mass is 10.4. The fourth-order valence-electron chi connectivity index (χ4n) is 0.471. The second kappa shape index (κ2) is 2.96. The maximum atomic E-state index is 8.04. The molecule has 0 saturated heterocycles. The van der Waals surface area contributed by atoms with Crippen LogP contribution in [0.5, 0.6) is 0 Å².